The van der Waals surface area contributed by atoms with E-state index in [9.17, 15) is 35.5 Å². The van der Waals surface area contributed by atoms with Crippen LogP contribution >= 0.6 is 0 Å². The third kappa shape index (κ3) is 8.16. The van der Waals surface area contributed by atoms with Gasteiger partial charge in [0.15, 0.2) is 11.5 Å². The quantitative estimate of drug-likeness (QED) is 0.267. The van der Waals surface area contributed by atoms with Crippen molar-refractivity contribution < 1.29 is 40.3 Å². The maximum absolute atomic E-state index is 13.8. The molecule has 4 rings (SSSR count). The summed E-state index contributed by atoms with van der Waals surface area (Å²) < 4.78 is 78.4. The van der Waals surface area contributed by atoms with E-state index in [-0.39, 0.29) is 46.2 Å². The lowest BCUT2D eigenvalue weighted by molar-refractivity contribution is -0.137. The lowest BCUT2D eigenvalue weighted by Gasteiger charge is -2.35. The Hall–Kier alpha value is -3.06. The first-order valence-corrected chi connectivity index (χ1v) is 19.4. The highest BCUT2D eigenvalue weighted by Gasteiger charge is 2.37. The van der Waals surface area contributed by atoms with Gasteiger partial charge in [0, 0.05) is 42.6 Å². The van der Waals surface area contributed by atoms with Crippen LogP contribution in [0.5, 0.6) is 11.5 Å². The predicted octanol–water partition coefficient (Wildman–Crippen LogP) is 5.29. The summed E-state index contributed by atoms with van der Waals surface area (Å²) in [7, 11) is -7.92. The summed E-state index contributed by atoms with van der Waals surface area (Å²) in [6, 6.07) is 6.65. The summed E-state index contributed by atoms with van der Waals surface area (Å²) >= 11 is 0. The van der Waals surface area contributed by atoms with E-state index in [0.717, 1.165) is 19.3 Å². The summed E-state index contributed by atoms with van der Waals surface area (Å²) in [4.78, 5) is 26.7. The van der Waals surface area contributed by atoms with E-state index in [1.54, 1.807) is 42.3 Å². The first-order chi connectivity index (χ1) is 22.1. The Balaban J connectivity index is 1.89. The third-order valence-corrected chi connectivity index (χ3v) is 11.2. The molecule has 0 saturated heterocycles. The molecule has 0 aromatic heterocycles. The smallest absolute Gasteiger partial charge is 0.298 e. The van der Waals surface area contributed by atoms with Crippen LogP contribution in [0.4, 0.5) is 0 Å². The number of ketones is 1. The number of amides is 1. The van der Waals surface area contributed by atoms with Crippen molar-refractivity contribution in [2.24, 2.45) is 17.8 Å². The zero-order valence-electron chi connectivity index (χ0n) is 27.9. The first kappa shape index (κ1) is 36.8. The van der Waals surface area contributed by atoms with Crippen LogP contribution in [0.2, 0.25) is 0 Å². The molecule has 1 amide bonds. The fourth-order valence-corrected chi connectivity index (χ4v) is 8.66. The van der Waals surface area contributed by atoms with Gasteiger partial charge in [-0.25, -0.2) is 0 Å². The Labute approximate surface area is 278 Å². The van der Waals surface area contributed by atoms with Gasteiger partial charge in [-0.3, -0.25) is 18.7 Å². The zero-order valence-corrected chi connectivity index (χ0v) is 29.5. The van der Waals surface area contributed by atoms with E-state index in [4.69, 9.17) is 4.74 Å². The fourth-order valence-electron chi connectivity index (χ4n) is 6.93. The highest BCUT2D eigenvalue weighted by molar-refractivity contribution is 7.86. The van der Waals surface area contributed by atoms with Gasteiger partial charge >= 0.3 is 0 Å². The molecule has 2 aromatic carbocycles. The highest BCUT2D eigenvalue weighted by Crippen LogP contribution is 2.45. The van der Waals surface area contributed by atoms with E-state index in [1.807, 2.05) is 27.7 Å². The monoisotopic (exact) mass is 689 g/mol. The second kappa shape index (κ2) is 15.0. The van der Waals surface area contributed by atoms with Gasteiger partial charge in [-0.2, -0.15) is 16.8 Å². The largest absolute Gasteiger partial charge is 0.453 e. The van der Waals surface area contributed by atoms with E-state index >= 15 is 0 Å². The molecule has 1 fully saturated rings. The summed E-state index contributed by atoms with van der Waals surface area (Å²) in [6.07, 6.45) is 7.38. The molecule has 2 aliphatic rings. The number of carbonyl (C=O) groups is 2. The minimum absolute atomic E-state index is 0.0248. The van der Waals surface area contributed by atoms with Gasteiger partial charge in [-0.1, -0.05) is 77.3 Å². The molecule has 0 bridgehead atoms. The van der Waals surface area contributed by atoms with Crippen molar-refractivity contribution in [1.29, 1.82) is 0 Å². The molecule has 1 aliphatic carbocycles. The van der Waals surface area contributed by atoms with Crippen LogP contribution in [0.15, 0.2) is 34.1 Å². The standard InChI is InChI=1S/C35H47NO9S2/c1-6-11-23-16-18-27-29(21-25-13-8-9-14-26(25)35(38)36(5)20-10-15-30(37)22(3)4)28-19-17-24(12-7-2)34(47(42,43)44)32(28)45-31(27)33(23)46(39,40)41/h11,16-19,22,25-26H,6-10,12-15,20-21H2,1-5H3,(H,39,40,41)(H,42,43,44)/b23-11+. The topological polar surface area (TPSA) is 155 Å². The lowest BCUT2D eigenvalue weighted by Crippen LogP contribution is -2.39. The number of Topliss-reactive ketones (excluding diaryl/α,β-unsaturated/α-hetero) is 1. The van der Waals surface area contributed by atoms with Crippen molar-refractivity contribution in [2.75, 3.05) is 13.6 Å². The van der Waals surface area contributed by atoms with Crippen LogP contribution in [0.1, 0.15) is 96.6 Å². The fraction of sp³-hybridized carbons (Fsp3) is 0.543. The molecule has 1 heterocycles. The number of nitrogens with zero attached hydrogens (tertiary/aromatic N) is 1. The summed E-state index contributed by atoms with van der Waals surface area (Å²) in [5.41, 5.74) is 1.29. The molecule has 258 valence electrons. The molecule has 2 aromatic rings. The summed E-state index contributed by atoms with van der Waals surface area (Å²) in [5, 5.41) is 0.582. The molecule has 2 unspecified atom stereocenters. The average molecular weight is 690 g/mol. The predicted molar refractivity (Wildman–Crippen MR) is 180 cm³/mol. The van der Waals surface area contributed by atoms with Crippen LogP contribution in [0, 0.1) is 17.8 Å². The number of hydrogen-bond donors (Lipinski definition) is 2. The summed E-state index contributed by atoms with van der Waals surface area (Å²) in [6.45, 7) is 7.85. The number of fused-ring (bicyclic) bond motifs is 2. The van der Waals surface area contributed by atoms with E-state index in [1.165, 1.54) is 0 Å². The Kier molecular flexibility index (Phi) is 11.7. The molecule has 0 spiro atoms. The molecule has 1 aliphatic heterocycles. The Morgan fingerprint density at radius 3 is 2.28 bits per heavy atom. The van der Waals surface area contributed by atoms with Crippen molar-refractivity contribution >= 4 is 43.6 Å². The van der Waals surface area contributed by atoms with Crippen LogP contribution in [-0.4, -0.2) is 56.1 Å². The molecular formula is C35H47NO9S2. The maximum atomic E-state index is 13.8. The van der Waals surface area contributed by atoms with Gasteiger partial charge < -0.3 is 9.64 Å². The van der Waals surface area contributed by atoms with E-state index < -0.39 is 30.0 Å². The zero-order chi connectivity index (χ0) is 34.7. The van der Waals surface area contributed by atoms with Gasteiger partial charge in [0.25, 0.3) is 20.2 Å². The van der Waals surface area contributed by atoms with Gasteiger partial charge in [-0.05, 0) is 60.8 Å². The van der Waals surface area contributed by atoms with Crippen LogP contribution < -0.4 is 15.2 Å². The molecule has 2 N–H and O–H groups in total. The third-order valence-electron chi connectivity index (χ3n) is 9.28. The number of hydrogen-bond acceptors (Lipinski definition) is 7. The molecule has 0 radical (unpaired) electrons. The minimum Gasteiger partial charge on any atom is -0.453 e. The van der Waals surface area contributed by atoms with E-state index in [0.29, 0.717) is 73.4 Å². The molecule has 12 heteroatoms. The Morgan fingerprint density at radius 2 is 1.66 bits per heavy atom. The highest BCUT2D eigenvalue weighted by atomic mass is 32.2. The average Bonchev–Trinajstić information content (AvgIpc) is 2.99. The van der Waals surface area contributed by atoms with Gasteiger partial charge in [-0.15, -0.1) is 0 Å². The maximum Gasteiger partial charge on any atom is 0.298 e. The second-order valence-electron chi connectivity index (χ2n) is 13.0. The van der Waals surface area contributed by atoms with Crippen molar-refractivity contribution in [3.63, 3.8) is 0 Å². The SMILES string of the molecule is CC/C=c1\ccc2c(c1S(=O)(=O)O)Oc1c(ccc(CCC)c1S(=O)(=O)O)C=2CC1CCCCC1C(=O)N(C)CCCC(=O)C(C)C. The lowest BCUT2D eigenvalue weighted by atomic mass is 9.74. The van der Waals surface area contributed by atoms with Crippen LogP contribution in [-0.2, 0) is 36.2 Å². The Bertz CT molecular complexity index is 1860. The molecular weight excluding hydrogens is 643 g/mol. The van der Waals surface area contributed by atoms with Crippen LogP contribution in [0.3, 0.4) is 0 Å². The van der Waals surface area contributed by atoms with Crippen LogP contribution in [0.25, 0.3) is 11.6 Å². The second-order valence-corrected chi connectivity index (χ2v) is 15.7. The summed E-state index contributed by atoms with van der Waals surface area (Å²) in [5.74, 6) is -0.825. The van der Waals surface area contributed by atoms with Gasteiger partial charge in [0.2, 0.25) is 5.91 Å². The molecule has 47 heavy (non-hydrogen) atoms. The number of carbonyl (C=O) groups excluding carboxylic acids is 2. The number of aryl methyl sites for hydroxylation is 1. The van der Waals surface area contributed by atoms with Crippen molar-refractivity contribution in [3.8, 4) is 11.5 Å². The number of benzene rings is 2. The van der Waals surface area contributed by atoms with Crippen molar-refractivity contribution in [3.05, 3.63) is 45.8 Å². The number of rotatable bonds is 13. The minimum atomic E-state index is -4.85. The van der Waals surface area contributed by atoms with Crippen molar-refractivity contribution in [2.45, 2.75) is 102 Å². The van der Waals surface area contributed by atoms with E-state index in [2.05, 4.69) is 0 Å². The number of ether oxygens (including phenoxy) is 1. The van der Waals surface area contributed by atoms with Gasteiger partial charge in [0.1, 0.15) is 15.6 Å². The van der Waals surface area contributed by atoms with Crippen molar-refractivity contribution in [1.82, 2.24) is 4.90 Å². The molecule has 10 nitrogen and oxygen atoms in total. The first-order valence-electron chi connectivity index (χ1n) is 16.5. The Morgan fingerprint density at radius 1 is 0.979 bits per heavy atom. The van der Waals surface area contributed by atoms with Gasteiger partial charge in [0.05, 0.1) is 0 Å². The molecule has 2 atom stereocenters. The molecule has 1 saturated carbocycles. The normalized spacial score (nSPS) is 18.5.